The van der Waals surface area contributed by atoms with Crippen LogP contribution >= 0.6 is 27.5 Å². The Hall–Kier alpha value is -0.460. The van der Waals surface area contributed by atoms with Gasteiger partial charge in [-0.25, -0.2) is 0 Å². The minimum atomic E-state index is -4.36. The Morgan fingerprint density at radius 2 is 2.00 bits per heavy atom. The molecule has 1 aromatic carbocycles. The lowest BCUT2D eigenvalue weighted by Crippen LogP contribution is -2.19. The first kappa shape index (κ1) is 14.6. The summed E-state index contributed by atoms with van der Waals surface area (Å²) in [4.78, 5) is 0. The highest BCUT2D eigenvalue weighted by molar-refractivity contribution is 9.08. The predicted molar refractivity (Wildman–Crippen MR) is 61.6 cm³/mol. The lowest BCUT2D eigenvalue weighted by molar-refractivity contribution is -0.186. The molecule has 0 radical (unpaired) electrons. The van der Waals surface area contributed by atoms with Gasteiger partial charge in [-0.15, -0.1) is 0 Å². The average Bonchev–Trinajstić information content (AvgIpc) is 2.24. The Bertz CT molecular complexity index is 371. The Balaban J connectivity index is 2.52. The van der Waals surface area contributed by atoms with E-state index in [9.17, 15) is 13.2 Å². The van der Waals surface area contributed by atoms with Crippen molar-refractivity contribution in [3.05, 3.63) is 28.8 Å². The summed E-state index contributed by atoms with van der Waals surface area (Å²) in [6.45, 7) is -1.84. The molecule has 1 aromatic rings. The van der Waals surface area contributed by atoms with Crippen molar-refractivity contribution >= 4 is 27.5 Å². The Morgan fingerprint density at radius 3 is 2.59 bits per heavy atom. The summed E-state index contributed by atoms with van der Waals surface area (Å²) >= 11 is 9.08. The van der Waals surface area contributed by atoms with Crippen molar-refractivity contribution in [1.29, 1.82) is 0 Å². The summed E-state index contributed by atoms with van der Waals surface area (Å²) in [6.07, 6.45) is -4.36. The van der Waals surface area contributed by atoms with Crippen molar-refractivity contribution in [3.8, 4) is 5.75 Å². The molecule has 0 bridgehead atoms. The average molecular weight is 334 g/mol. The summed E-state index contributed by atoms with van der Waals surface area (Å²) in [6, 6.07) is 5.06. The second-order valence-corrected chi connectivity index (χ2v) is 4.06. The summed E-state index contributed by atoms with van der Waals surface area (Å²) < 4.78 is 44.8. The van der Waals surface area contributed by atoms with Crippen molar-refractivity contribution in [3.63, 3.8) is 0 Å². The standard InChI is InChI=1S/C10H9BrClF3O2/c11-4-7-2-1-3-8(12)9(7)17-6-16-5-10(13,14)15/h1-3H,4-6H2. The number of para-hydroxylation sites is 1. The molecule has 0 atom stereocenters. The zero-order valence-corrected chi connectivity index (χ0v) is 10.9. The van der Waals surface area contributed by atoms with Gasteiger partial charge >= 0.3 is 6.18 Å². The van der Waals surface area contributed by atoms with E-state index in [-0.39, 0.29) is 0 Å². The first-order valence-corrected chi connectivity index (χ1v) is 6.04. The topological polar surface area (TPSA) is 18.5 Å². The summed E-state index contributed by atoms with van der Waals surface area (Å²) in [5.41, 5.74) is 0.744. The van der Waals surface area contributed by atoms with Crippen LogP contribution in [0.3, 0.4) is 0 Å². The molecular formula is C10H9BrClF3O2. The molecule has 0 N–H and O–H groups in total. The third kappa shape index (κ3) is 5.14. The zero-order valence-electron chi connectivity index (χ0n) is 8.56. The van der Waals surface area contributed by atoms with Crippen LogP contribution < -0.4 is 4.74 Å². The summed E-state index contributed by atoms with van der Waals surface area (Å²) in [5, 5.41) is 0.819. The van der Waals surface area contributed by atoms with Gasteiger partial charge in [-0.1, -0.05) is 39.7 Å². The Kier molecular flexibility index (Phi) is 5.55. The van der Waals surface area contributed by atoms with E-state index >= 15 is 0 Å². The van der Waals surface area contributed by atoms with Crippen molar-refractivity contribution in [2.45, 2.75) is 11.5 Å². The second-order valence-electron chi connectivity index (χ2n) is 3.09. The van der Waals surface area contributed by atoms with Gasteiger partial charge < -0.3 is 9.47 Å². The van der Waals surface area contributed by atoms with E-state index in [4.69, 9.17) is 16.3 Å². The molecule has 0 saturated heterocycles. The van der Waals surface area contributed by atoms with E-state index in [2.05, 4.69) is 20.7 Å². The van der Waals surface area contributed by atoms with Gasteiger partial charge in [0.15, 0.2) is 6.79 Å². The van der Waals surface area contributed by atoms with Crippen LogP contribution in [0.1, 0.15) is 5.56 Å². The molecule has 2 nitrogen and oxygen atoms in total. The molecule has 0 amide bonds. The molecule has 1 rings (SSSR count). The van der Waals surface area contributed by atoms with Crippen molar-refractivity contribution in [1.82, 2.24) is 0 Å². The molecular weight excluding hydrogens is 324 g/mol. The van der Waals surface area contributed by atoms with Gasteiger partial charge in [-0.3, -0.25) is 0 Å². The van der Waals surface area contributed by atoms with Crippen LogP contribution in [0.2, 0.25) is 5.02 Å². The van der Waals surface area contributed by atoms with Crippen molar-refractivity contribution in [2.75, 3.05) is 13.4 Å². The van der Waals surface area contributed by atoms with Crippen LogP contribution in [0.5, 0.6) is 5.75 Å². The van der Waals surface area contributed by atoms with E-state index in [1.54, 1.807) is 18.2 Å². The van der Waals surface area contributed by atoms with Gasteiger partial charge in [-0.2, -0.15) is 13.2 Å². The maximum absolute atomic E-state index is 11.8. The molecule has 0 saturated carbocycles. The molecule has 7 heteroatoms. The van der Waals surface area contributed by atoms with Gasteiger partial charge in [0.05, 0.1) is 5.02 Å². The molecule has 0 fully saturated rings. The summed E-state index contributed by atoms with van der Waals surface area (Å²) in [5.74, 6) is 0.327. The normalized spacial score (nSPS) is 11.6. The van der Waals surface area contributed by atoms with Crippen LogP contribution in [-0.4, -0.2) is 19.6 Å². The van der Waals surface area contributed by atoms with Gasteiger partial charge in [0.1, 0.15) is 12.4 Å². The van der Waals surface area contributed by atoms with E-state index in [1.165, 1.54) is 0 Å². The number of rotatable bonds is 5. The van der Waals surface area contributed by atoms with Crippen LogP contribution in [0.4, 0.5) is 13.2 Å². The van der Waals surface area contributed by atoms with Crippen LogP contribution in [0.25, 0.3) is 0 Å². The van der Waals surface area contributed by atoms with E-state index < -0.39 is 19.6 Å². The monoisotopic (exact) mass is 332 g/mol. The van der Waals surface area contributed by atoms with E-state index in [0.29, 0.717) is 16.1 Å². The van der Waals surface area contributed by atoms with Crippen molar-refractivity contribution in [2.24, 2.45) is 0 Å². The molecule has 0 unspecified atom stereocenters. The van der Waals surface area contributed by atoms with Gasteiger partial charge in [0, 0.05) is 10.9 Å². The molecule has 0 aromatic heterocycles. The van der Waals surface area contributed by atoms with E-state index in [0.717, 1.165) is 5.56 Å². The quantitative estimate of drug-likeness (QED) is 0.458. The molecule has 0 spiro atoms. The SMILES string of the molecule is FC(F)(F)COCOc1c(Cl)cccc1CBr. The maximum atomic E-state index is 11.8. The first-order valence-electron chi connectivity index (χ1n) is 4.54. The third-order valence-electron chi connectivity index (χ3n) is 1.74. The molecule has 17 heavy (non-hydrogen) atoms. The highest BCUT2D eigenvalue weighted by atomic mass is 79.9. The number of alkyl halides is 4. The number of halogens is 5. The predicted octanol–water partition coefficient (Wildman–Crippen LogP) is 4.15. The van der Waals surface area contributed by atoms with E-state index in [1.807, 2.05) is 0 Å². The molecule has 0 aliphatic carbocycles. The number of benzene rings is 1. The Labute approximate surface area is 110 Å². The summed E-state index contributed by atoms with van der Waals surface area (Å²) in [7, 11) is 0. The third-order valence-corrected chi connectivity index (χ3v) is 2.65. The fourth-order valence-corrected chi connectivity index (χ4v) is 1.77. The highest BCUT2D eigenvalue weighted by Gasteiger charge is 2.27. The first-order chi connectivity index (χ1) is 7.94. The second kappa shape index (κ2) is 6.47. The number of hydrogen-bond acceptors (Lipinski definition) is 2. The van der Waals surface area contributed by atoms with Crippen LogP contribution in [-0.2, 0) is 10.1 Å². The number of ether oxygens (including phenoxy) is 2. The molecule has 96 valence electrons. The highest BCUT2D eigenvalue weighted by Crippen LogP contribution is 2.30. The maximum Gasteiger partial charge on any atom is 0.411 e. The minimum Gasteiger partial charge on any atom is -0.466 e. The molecule has 0 aliphatic heterocycles. The Morgan fingerprint density at radius 1 is 1.29 bits per heavy atom. The lowest BCUT2D eigenvalue weighted by atomic mass is 10.2. The number of hydrogen-bond donors (Lipinski definition) is 0. The van der Waals surface area contributed by atoms with Gasteiger partial charge in [0.2, 0.25) is 0 Å². The zero-order chi connectivity index (χ0) is 12.9. The smallest absolute Gasteiger partial charge is 0.411 e. The fourth-order valence-electron chi connectivity index (χ4n) is 1.08. The van der Waals surface area contributed by atoms with Crippen molar-refractivity contribution < 1.29 is 22.6 Å². The largest absolute Gasteiger partial charge is 0.466 e. The lowest BCUT2D eigenvalue weighted by Gasteiger charge is -2.12. The van der Waals surface area contributed by atoms with Gasteiger partial charge in [-0.05, 0) is 6.07 Å². The molecule has 0 aliphatic rings. The molecule has 0 heterocycles. The minimum absolute atomic E-state index is 0.327. The van der Waals surface area contributed by atoms with Crippen LogP contribution in [0, 0.1) is 0 Å². The fraction of sp³-hybridized carbons (Fsp3) is 0.400. The van der Waals surface area contributed by atoms with Gasteiger partial charge in [0.25, 0.3) is 0 Å². The van der Waals surface area contributed by atoms with Crippen LogP contribution in [0.15, 0.2) is 18.2 Å².